The molecule has 0 saturated carbocycles. The molecule has 2 atom stereocenters. The van der Waals surface area contributed by atoms with Crippen molar-refractivity contribution in [3.8, 4) is 0 Å². The van der Waals surface area contributed by atoms with E-state index in [9.17, 15) is 13.8 Å². The third-order valence-electron chi connectivity index (χ3n) is 3.21. The first-order valence-electron chi connectivity index (χ1n) is 8.24. The average Bonchev–Trinajstić information content (AvgIpc) is 3.04. The van der Waals surface area contributed by atoms with Crippen LogP contribution in [0, 0.1) is 5.92 Å². The molecule has 26 heavy (non-hydrogen) atoms. The molecule has 2 aromatic heterocycles. The van der Waals surface area contributed by atoms with Gasteiger partial charge in [-0.3, -0.25) is 9.52 Å². The SMILES string of the molecule is CC(C)C[C@H](NC(=O)OC(C)(C)C)C(=O)NS(=O)c1cc2sccc2s1. The number of amides is 2. The van der Waals surface area contributed by atoms with Crippen molar-refractivity contribution in [2.75, 3.05) is 0 Å². The molecule has 0 spiro atoms. The van der Waals surface area contributed by atoms with Gasteiger partial charge in [0.05, 0.1) is 0 Å². The van der Waals surface area contributed by atoms with Gasteiger partial charge in [0.25, 0.3) is 5.91 Å². The van der Waals surface area contributed by atoms with Crippen LogP contribution in [-0.2, 0) is 20.5 Å². The number of carbonyl (C=O) groups is 2. The highest BCUT2D eigenvalue weighted by atomic mass is 32.2. The summed E-state index contributed by atoms with van der Waals surface area (Å²) in [7, 11) is -1.66. The smallest absolute Gasteiger partial charge is 0.408 e. The number of hydrogen-bond acceptors (Lipinski definition) is 6. The lowest BCUT2D eigenvalue weighted by Gasteiger charge is -2.24. The molecule has 0 bridgehead atoms. The van der Waals surface area contributed by atoms with Crippen LogP contribution in [0.4, 0.5) is 4.79 Å². The van der Waals surface area contributed by atoms with Crippen molar-refractivity contribution in [1.82, 2.24) is 10.0 Å². The van der Waals surface area contributed by atoms with Gasteiger partial charge in [-0.25, -0.2) is 9.00 Å². The molecule has 0 aromatic carbocycles. The van der Waals surface area contributed by atoms with Gasteiger partial charge in [-0.05, 0) is 50.6 Å². The van der Waals surface area contributed by atoms with Gasteiger partial charge in [-0.2, -0.15) is 0 Å². The van der Waals surface area contributed by atoms with Gasteiger partial charge >= 0.3 is 6.09 Å². The normalized spacial score (nSPS) is 14.2. The molecule has 1 unspecified atom stereocenters. The van der Waals surface area contributed by atoms with Crippen molar-refractivity contribution in [3.63, 3.8) is 0 Å². The van der Waals surface area contributed by atoms with Crippen LogP contribution in [0.1, 0.15) is 41.0 Å². The highest BCUT2D eigenvalue weighted by Gasteiger charge is 2.26. The Morgan fingerprint density at radius 1 is 1.27 bits per heavy atom. The van der Waals surface area contributed by atoms with Crippen molar-refractivity contribution in [1.29, 1.82) is 0 Å². The van der Waals surface area contributed by atoms with Gasteiger partial charge < -0.3 is 10.1 Å². The molecule has 6 nitrogen and oxygen atoms in total. The van der Waals surface area contributed by atoms with E-state index in [1.165, 1.54) is 11.3 Å². The minimum absolute atomic E-state index is 0.168. The number of ether oxygens (including phenoxy) is 1. The third-order valence-corrected chi connectivity index (χ3v) is 6.67. The van der Waals surface area contributed by atoms with E-state index in [2.05, 4.69) is 10.0 Å². The van der Waals surface area contributed by atoms with E-state index in [0.717, 1.165) is 9.40 Å². The van der Waals surface area contributed by atoms with Gasteiger partial charge in [0.2, 0.25) is 0 Å². The van der Waals surface area contributed by atoms with Crippen molar-refractivity contribution in [2.24, 2.45) is 5.92 Å². The first-order chi connectivity index (χ1) is 12.0. The Morgan fingerprint density at radius 3 is 2.54 bits per heavy atom. The van der Waals surface area contributed by atoms with Crippen molar-refractivity contribution >= 4 is 55.1 Å². The minimum atomic E-state index is -1.66. The lowest BCUT2D eigenvalue weighted by molar-refractivity contribution is -0.121. The number of hydrogen-bond donors (Lipinski definition) is 2. The third kappa shape index (κ3) is 6.07. The zero-order valence-electron chi connectivity index (χ0n) is 15.5. The fourth-order valence-electron chi connectivity index (χ4n) is 2.20. The van der Waals surface area contributed by atoms with Crippen LogP contribution in [0.15, 0.2) is 21.7 Å². The molecule has 2 rings (SSSR count). The number of nitrogens with one attached hydrogen (secondary N) is 2. The molecule has 2 N–H and O–H groups in total. The molecular weight excluding hydrogens is 392 g/mol. The standard InChI is InChI=1S/C17H24N2O4S3/c1-10(2)8-11(18-16(21)23-17(3,4)5)15(20)19-26(22)14-9-13-12(25-14)6-7-24-13/h6-7,9-11H,8H2,1-5H3,(H,18,21)(H,19,20)/t11-,26?/m0/s1. The predicted molar refractivity (Wildman–Crippen MR) is 107 cm³/mol. The Balaban J connectivity index is 2.04. The number of rotatable bonds is 6. The van der Waals surface area contributed by atoms with E-state index in [0.29, 0.717) is 10.6 Å². The molecule has 2 aromatic rings. The zero-order chi connectivity index (χ0) is 19.5. The molecule has 0 radical (unpaired) electrons. The van der Waals surface area contributed by atoms with Crippen molar-refractivity contribution in [3.05, 3.63) is 17.5 Å². The molecule has 2 heterocycles. The first-order valence-corrected chi connectivity index (χ1v) is 11.1. The summed E-state index contributed by atoms with van der Waals surface area (Å²) in [5, 5.41) is 4.55. The minimum Gasteiger partial charge on any atom is -0.444 e. The van der Waals surface area contributed by atoms with E-state index in [-0.39, 0.29) is 5.92 Å². The maximum Gasteiger partial charge on any atom is 0.408 e. The molecular formula is C17H24N2O4S3. The van der Waals surface area contributed by atoms with Crippen LogP contribution in [0.2, 0.25) is 0 Å². The molecule has 9 heteroatoms. The van der Waals surface area contributed by atoms with Crippen LogP contribution in [-0.4, -0.2) is 27.9 Å². The second-order valence-corrected chi connectivity index (χ2v) is 10.7. The Hall–Kier alpha value is -1.45. The Morgan fingerprint density at radius 2 is 1.96 bits per heavy atom. The topological polar surface area (TPSA) is 84.5 Å². The highest BCUT2D eigenvalue weighted by molar-refractivity contribution is 7.86. The summed E-state index contributed by atoms with van der Waals surface area (Å²) in [6, 6.07) is 2.97. The second-order valence-electron chi connectivity index (χ2n) is 7.28. The number of carbonyl (C=O) groups excluding carboxylic acids is 2. The van der Waals surface area contributed by atoms with Crippen LogP contribution >= 0.6 is 22.7 Å². The van der Waals surface area contributed by atoms with Crippen LogP contribution in [0.25, 0.3) is 9.40 Å². The Kier molecular flexibility index (Phi) is 6.81. The van der Waals surface area contributed by atoms with Crippen LogP contribution in [0.3, 0.4) is 0 Å². The van der Waals surface area contributed by atoms with Crippen LogP contribution in [0.5, 0.6) is 0 Å². The van der Waals surface area contributed by atoms with Crippen LogP contribution < -0.4 is 10.0 Å². The summed E-state index contributed by atoms with van der Waals surface area (Å²) in [6.07, 6.45) is -0.248. The summed E-state index contributed by atoms with van der Waals surface area (Å²) in [4.78, 5) is 24.6. The van der Waals surface area contributed by atoms with Gasteiger partial charge in [-0.15, -0.1) is 22.7 Å². The summed E-state index contributed by atoms with van der Waals surface area (Å²) in [5.41, 5.74) is -0.658. The predicted octanol–water partition coefficient (Wildman–Crippen LogP) is 4.04. The largest absolute Gasteiger partial charge is 0.444 e. The van der Waals surface area contributed by atoms with E-state index in [1.54, 1.807) is 32.1 Å². The molecule has 0 fully saturated rings. The quantitative estimate of drug-likeness (QED) is 0.744. The Bertz CT molecular complexity index is 776. The number of alkyl carbamates (subject to hydrolysis) is 1. The van der Waals surface area contributed by atoms with Gasteiger partial charge in [-0.1, -0.05) is 13.8 Å². The molecule has 0 aliphatic heterocycles. The lowest BCUT2D eigenvalue weighted by atomic mass is 10.0. The fraction of sp³-hybridized carbons (Fsp3) is 0.529. The summed E-state index contributed by atoms with van der Waals surface area (Å²) >= 11 is 2.95. The summed E-state index contributed by atoms with van der Waals surface area (Å²) in [5.74, 6) is -0.319. The molecule has 2 amide bonds. The van der Waals surface area contributed by atoms with Gasteiger partial charge in [0, 0.05) is 9.40 Å². The second kappa shape index (κ2) is 8.49. The van der Waals surface area contributed by atoms with E-state index >= 15 is 0 Å². The molecule has 0 aliphatic carbocycles. The maximum absolute atomic E-state index is 12.5. The number of thiophene rings is 2. The lowest BCUT2D eigenvalue weighted by Crippen LogP contribution is -2.49. The average molecular weight is 417 g/mol. The number of fused-ring (bicyclic) bond motifs is 1. The van der Waals surface area contributed by atoms with Crippen molar-refractivity contribution < 1.29 is 18.5 Å². The summed E-state index contributed by atoms with van der Waals surface area (Å²) < 4.78 is 22.9. The summed E-state index contributed by atoms with van der Waals surface area (Å²) in [6.45, 7) is 9.15. The van der Waals surface area contributed by atoms with E-state index in [1.807, 2.05) is 31.4 Å². The van der Waals surface area contributed by atoms with Crippen molar-refractivity contribution in [2.45, 2.75) is 56.9 Å². The molecule has 0 aliphatic rings. The maximum atomic E-state index is 12.5. The highest BCUT2D eigenvalue weighted by Crippen LogP contribution is 2.31. The van der Waals surface area contributed by atoms with Gasteiger partial charge in [0.1, 0.15) is 15.9 Å². The van der Waals surface area contributed by atoms with Gasteiger partial charge in [0.15, 0.2) is 11.0 Å². The molecule has 0 saturated heterocycles. The van der Waals surface area contributed by atoms with E-state index < -0.39 is 34.6 Å². The fourth-order valence-corrected chi connectivity index (χ4v) is 5.46. The van der Waals surface area contributed by atoms with E-state index in [4.69, 9.17) is 4.74 Å². The first kappa shape index (κ1) is 20.9. The zero-order valence-corrected chi connectivity index (χ0v) is 17.9. The Labute approximate surface area is 163 Å². The monoisotopic (exact) mass is 416 g/mol. The molecule has 144 valence electrons.